The van der Waals surface area contributed by atoms with Crippen molar-refractivity contribution in [3.8, 4) is 11.1 Å². The average Bonchev–Trinajstić information content (AvgIpc) is 3.31. The number of hydrogen-bond donors (Lipinski definition) is 0. The maximum Gasteiger partial charge on any atom is 0.0540 e. The molecule has 0 unspecified atom stereocenters. The van der Waals surface area contributed by atoms with E-state index in [0.717, 1.165) is 56.4 Å². The van der Waals surface area contributed by atoms with Crippen LogP contribution in [0.5, 0.6) is 0 Å². The van der Waals surface area contributed by atoms with Gasteiger partial charge in [-0.25, -0.2) is 0 Å². The number of anilines is 5. The number of nitrogens with zero attached hydrogens (tertiary/aromatic N) is 2. The van der Waals surface area contributed by atoms with Gasteiger partial charge >= 0.3 is 0 Å². The molecular weight excluding hydrogens is 725 g/mol. The largest absolute Gasteiger partial charge is 0.310 e. The van der Waals surface area contributed by atoms with Crippen LogP contribution < -0.4 is 9.80 Å². The third-order valence-electron chi connectivity index (χ3n) is 10.9. The van der Waals surface area contributed by atoms with Crippen molar-refractivity contribution in [1.82, 2.24) is 0 Å². The molecule has 0 N–H and O–H groups in total. The molecule has 0 saturated heterocycles. The van der Waals surface area contributed by atoms with Crippen LogP contribution in [0.4, 0.5) is 28.4 Å². The summed E-state index contributed by atoms with van der Waals surface area (Å²) in [7, 11) is 0. The van der Waals surface area contributed by atoms with Crippen molar-refractivity contribution in [3.05, 3.63) is 266 Å². The molecule has 8 aromatic rings. The molecule has 2 heteroatoms. The lowest BCUT2D eigenvalue weighted by Crippen LogP contribution is -2.17. The van der Waals surface area contributed by atoms with Crippen molar-refractivity contribution < 1.29 is 0 Å². The van der Waals surface area contributed by atoms with Crippen LogP contribution in [0.15, 0.2) is 261 Å². The van der Waals surface area contributed by atoms with Crippen LogP contribution in [0, 0.1) is 0 Å². The normalized spacial score (nSPS) is 12.4. The lowest BCUT2D eigenvalue weighted by Gasteiger charge is -2.29. The first kappa shape index (κ1) is 39.2. The van der Waals surface area contributed by atoms with E-state index in [1.807, 2.05) is 12.2 Å². The number of rotatable bonds is 13. The topological polar surface area (TPSA) is 6.48 Å². The first-order valence-electron chi connectivity index (χ1n) is 20.5. The van der Waals surface area contributed by atoms with Gasteiger partial charge in [-0.15, -0.1) is 0 Å². The minimum atomic E-state index is 0.978. The van der Waals surface area contributed by atoms with Gasteiger partial charge in [-0.05, 0) is 107 Å². The summed E-state index contributed by atoms with van der Waals surface area (Å²) in [6.07, 6.45) is 12.6. The zero-order valence-corrected chi connectivity index (χ0v) is 34.2. The summed E-state index contributed by atoms with van der Waals surface area (Å²) in [6, 6.07) is 68.7. The molecule has 8 rings (SSSR count). The highest BCUT2D eigenvalue weighted by atomic mass is 15.2. The Bertz CT molecular complexity index is 2900. The molecule has 0 amide bonds. The molecule has 0 radical (unpaired) electrons. The molecule has 0 aromatic heterocycles. The molecule has 0 bridgehead atoms. The van der Waals surface area contributed by atoms with Crippen molar-refractivity contribution in [2.45, 2.75) is 13.8 Å². The summed E-state index contributed by atoms with van der Waals surface area (Å²) in [5, 5.41) is 4.85. The Morgan fingerprint density at radius 3 is 1.72 bits per heavy atom. The van der Waals surface area contributed by atoms with Gasteiger partial charge in [0.15, 0.2) is 0 Å². The molecule has 0 heterocycles. The van der Waals surface area contributed by atoms with E-state index in [2.05, 4.69) is 255 Å². The molecule has 0 aliphatic rings. The van der Waals surface area contributed by atoms with E-state index in [1.54, 1.807) is 0 Å². The lowest BCUT2D eigenvalue weighted by atomic mass is 9.97. The van der Waals surface area contributed by atoms with Crippen LogP contribution in [0.3, 0.4) is 0 Å². The number of para-hydroxylation sites is 3. The Labute approximate surface area is 355 Å². The van der Waals surface area contributed by atoms with Crippen LogP contribution in [-0.2, 0) is 0 Å². The predicted octanol–water partition coefficient (Wildman–Crippen LogP) is 16.5. The molecule has 0 aliphatic heterocycles. The van der Waals surface area contributed by atoms with E-state index in [1.165, 1.54) is 32.7 Å². The Hall–Kier alpha value is -7.68. The van der Waals surface area contributed by atoms with Gasteiger partial charge in [0.05, 0.1) is 17.1 Å². The van der Waals surface area contributed by atoms with Crippen molar-refractivity contribution in [2.24, 2.45) is 0 Å². The quantitative estimate of drug-likeness (QED) is 0.108. The molecule has 8 aromatic carbocycles. The van der Waals surface area contributed by atoms with E-state index < -0.39 is 0 Å². The summed E-state index contributed by atoms with van der Waals surface area (Å²) in [4.78, 5) is 4.65. The first-order valence-corrected chi connectivity index (χ1v) is 20.5. The van der Waals surface area contributed by atoms with Gasteiger partial charge in [0.25, 0.3) is 0 Å². The Morgan fingerprint density at radius 2 is 1.03 bits per heavy atom. The number of benzene rings is 8. The smallest absolute Gasteiger partial charge is 0.0540 e. The third kappa shape index (κ3) is 8.05. The van der Waals surface area contributed by atoms with E-state index in [4.69, 9.17) is 0 Å². The fourth-order valence-corrected chi connectivity index (χ4v) is 8.05. The zero-order valence-electron chi connectivity index (χ0n) is 34.2. The molecule has 0 saturated carbocycles. The van der Waals surface area contributed by atoms with Gasteiger partial charge in [-0.2, -0.15) is 0 Å². The van der Waals surface area contributed by atoms with Crippen molar-refractivity contribution in [2.75, 3.05) is 9.80 Å². The van der Waals surface area contributed by atoms with Crippen LogP contribution in [0.25, 0.3) is 38.2 Å². The summed E-state index contributed by atoms with van der Waals surface area (Å²) in [5.74, 6) is 0. The Balaban J connectivity index is 1.23. The molecule has 0 spiro atoms. The zero-order chi connectivity index (χ0) is 41.3. The molecule has 0 aliphatic carbocycles. The predicted molar refractivity (Wildman–Crippen MR) is 261 cm³/mol. The Morgan fingerprint density at radius 1 is 0.483 bits per heavy atom. The second-order valence-electron chi connectivity index (χ2n) is 14.6. The van der Waals surface area contributed by atoms with Crippen LogP contribution in [0.1, 0.15) is 19.4 Å². The summed E-state index contributed by atoms with van der Waals surface area (Å²) < 4.78 is 0. The van der Waals surface area contributed by atoms with E-state index >= 15 is 0 Å². The second kappa shape index (κ2) is 18.3. The highest BCUT2D eigenvalue weighted by Crippen LogP contribution is 2.42. The Kier molecular flexibility index (Phi) is 11.9. The SMILES string of the molecule is C=C/C(=C(\C=C/C)C(/C)=C/C=C(\C=C)c1ccccc1N(c1ccccc1)c1cccc2ccccc12)N(c1ccccc1)c1ccc(-c2cccc3ccccc23)cc1. The van der Waals surface area contributed by atoms with Crippen LogP contribution >= 0.6 is 0 Å². The van der Waals surface area contributed by atoms with Crippen LogP contribution in [0.2, 0.25) is 0 Å². The molecule has 60 heavy (non-hydrogen) atoms. The first-order chi connectivity index (χ1) is 29.6. The second-order valence-corrected chi connectivity index (χ2v) is 14.6. The van der Waals surface area contributed by atoms with Gasteiger partial charge in [0.2, 0.25) is 0 Å². The van der Waals surface area contributed by atoms with E-state index in [9.17, 15) is 0 Å². The molecule has 2 nitrogen and oxygen atoms in total. The van der Waals surface area contributed by atoms with E-state index in [0.29, 0.717) is 0 Å². The minimum absolute atomic E-state index is 0.978. The van der Waals surface area contributed by atoms with Gasteiger partial charge in [0, 0.05) is 33.6 Å². The van der Waals surface area contributed by atoms with Gasteiger partial charge in [0.1, 0.15) is 0 Å². The fraction of sp³-hybridized carbons (Fsp3) is 0.0345. The van der Waals surface area contributed by atoms with Crippen molar-refractivity contribution >= 4 is 55.6 Å². The highest BCUT2D eigenvalue weighted by Gasteiger charge is 2.20. The monoisotopic (exact) mass is 772 g/mol. The number of hydrogen-bond acceptors (Lipinski definition) is 2. The van der Waals surface area contributed by atoms with Gasteiger partial charge < -0.3 is 9.80 Å². The maximum atomic E-state index is 4.39. The standard InChI is InChI=1S/C58H48N2/c1-5-22-51(56(7-3)59(48-27-10-8-11-28-48)50-41-39-47(40-42-50)53-34-20-25-45-23-14-16-31-52(45)53)43(4)37-38-44(6-2)54-32-18-19-35-57(54)60(49-29-12-9-13-30-49)58-36-21-26-46-24-15-17-33-55(46)58/h5-42H,2-3H2,1,4H3/b22-5-,43-37+,44-38+,56-51-. The van der Waals surface area contributed by atoms with E-state index in [-0.39, 0.29) is 0 Å². The number of allylic oxidation sites excluding steroid dienone is 9. The summed E-state index contributed by atoms with van der Waals surface area (Å²) >= 11 is 0. The minimum Gasteiger partial charge on any atom is -0.310 e. The summed E-state index contributed by atoms with van der Waals surface area (Å²) in [6.45, 7) is 12.9. The fourth-order valence-electron chi connectivity index (χ4n) is 8.05. The van der Waals surface area contributed by atoms with Crippen LogP contribution in [-0.4, -0.2) is 0 Å². The number of fused-ring (bicyclic) bond motifs is 2. The maximum absolute atomic E-state index is 4.39. The molecule has 0 atom stereocenters. The third-order valence-corrected chi connectivity index (χ3v) is 10.9. The molecular formula is C58H48N2. The highest BCUT2D eigenvalue weighted by molar-refractivity contribution is 6.01. The molecule has 290 valence electrons. The summed E-state index contributed by atoms with van der Waals surface area (Å²) in [5.41, 5.74) is 12.9. The molecule has 0 fully saturated rings. The average molecular weight is 773 g/mol. The van der Waals surface area contributed by atoms with Gasteiger partial charge in [-0.1, -0.05) is 189 Å². The van der Waals surface area contributed by atoms with Gasteiger partial charge in [-0.3, -0.25) is 0 Å². The van der Waals surface area contributed by atoms with Crippen molar-refractivity contribution in [3.63, 3.8) is 0 Å². The lowest BCUT2D eigenvalue weighted by molar-refractivity contribution is 1.17. The van der Waals surface area contributed by atoms with Crippen molar-refractivity contribution in [1.29, 1.82) is 0 Å².